The average Bonchev–Trinajstić information content (AvgIpc) is 2.58. The molecule has 0 radical (unpaired) electrons. The van der Waals surface area contributed by atoms with Crippen LogP contribution in [0.1, 0.15) is 12.0 Å². The van der Waals surface area contributed by atoms with Crippen LogP contribution in [-0.4, -0.2) is 26.5 Å². The molecule has 1 heterocycles. The van der Waals surface area contributed by atoms with E-state index in [1.54, 1.807) is 0 Å². The number of halogens is 1. The van der Waals surface area contributed by atoms with Gasteiger partial charge in [0.25, 0.3) is 0 Å². The summed E-state index contributed by atoms with van der Waals surface area (Å²) in [5, 5.41) is 3.32. The van der Waals surface area contributed by atoms with Crippen molar-refractivity contribution in [1.82, 2.24) is 5.32 Å². The summed E-state index contributed by atoms with van der Waals surface area (Å²) in [5.74, 6) is 0.987. The first kappa shape index (κ1) is 13.1. The molecular weight excluding hydrogens is 302 g/mol. The monoisotopic (exact) mass is 317 g/mol. The lowest BCUT2D eigenvalue weighted by atomic mass is 10.1. The normalized spacial score (nSPS) is 22.8. The number of sulfone groups is 1. The van der Waals surface area contributed by atoms with Crippen LogP contribution in [-0.2, 0) is 16.4 Å². The minimum atomic E-state index is -2.74. The molecule has 1 aliphatic rings. The van der Waals surface area contributed by atoms with Crippen LogP contribution in [0.5, 0.6) is 0 Å². The van der Waals surface area contributed by atoms with Crippen LogP contribution < -0.4 is 5.32 Å². The van der Waals surface area contributed by atoms with Crippen molar-refractivity contribution in [1.29, 1.82) is 0 Å². The molecule has 1 N–H and O–H groups in total. The van der Waals surface area contributed by atoms with E-state index in [2.05, 4.69) is 33.4 Å². The Morgan fingerprint density at radius 1 is 1.41 bits per heavy atom. The van der Waals surface area contributed by atoms with E-state index < -0.39 is 9.84 Å². The van der Waals surface area contributed by atoms with Gasteiger partial charge in [-0.05, 0) is 36.6 Å². The van der Waals surface area contributed by atoms with Gasteiger partial charge in [-0.15, -0.1) is 0 Å². The first-order chi connectivity index (χ1) is 8.05. The summed E-state index contributed by atoms with van der Waals surface area (Å²) in [7, 11) is -2.74. The summed E-state index contributed by atoms with van der Waals surface area (Å²) in [6, 6.07) is 8.12. The van der Waals surface area contributed by atoms with Crippen LogP contribution in [0.2, 0.25) is 0 Å². The number of benzene rings is 1. The molecule has 0 bridgehead atoms. The maximum Gasteiger partial charge on any atom is 0.150 e. The quantitative estimate of drug-likeness (QED) is 0.923. The van der Waals surface area contributed by atoms with Gasteiger partial charge in [0.05, 0.1) is 11.5 Å². The van der Waals surface area contributed by atoms with Crippen LogP contribution in [0.25, 0.3) is 0 Å². The molecular formula is C12H16BrNO2S. The Labute approximate surface area is 111 Å². The average molecular weight is 318 g/mol. The highest BCUT2D eigenvalue weighted by Crippen LogP contribution is 2.17. The largest absolute Gasteiger partial charge is 0.312 e. The van der Waals surface area contributed by atoms with Crippen molar-refractivity contribution in [3.05, 3.63) is 34.3 Å². The Morgan fingerprint density at radius 2 is 2.24 bits per heavy atom. The van der Waals surface area contributed by atoms with Gasteiger partial charge in [0, 0.05) is 11.0 Å². The Morgan fingerprint density at radius 3 is 2.88 bits per heavy atom. The number of nitrogens with one attached hydrogen (secondary N) is 1. The summed E-state index contributed by atoms with van der Waals surface area (Å²) < 4.78 is 23.6. The van der Waals surface area contributed by atoms with Gasteiger partial charge < -0.3 is 5.32 Å². The Hall–Kier alpha value is -0.390. The first-order valence-electron chi connectivity index (χ1n) is 5.71. The van der Waals surface area contributed by atoms with Gasteiger partial charge >= 0.3 is 0 Å². The molecule has 2 rings (SSSR count). The molecule has 1 saturated heterocycles. The zero-order valence-corrected chi connectivity index (χ0v) is 11.9. The molecule has 0 amide bonds. The van der Waals surface area contributed by atoms with Gasteiger partial charge in [0.2, 0.25) is 0 Å². The predicted molar refractivity (Wildman–Crippen MR) is 72.6 cm³/mol. The number of rotatable bonds is 4. The SMILES string of the molecule is O=S1(=O)CCC(CNCc2cccc(Br)c2)C1. The van der Waals surface area contributed by atoms with E-state index in [0.29, 0.717) is 11.5 Å². The second-order valence-corrected chi connectivity index (χ2v) is 7.67. The standard InChI is InChI=1S/C12H16BrNO2S/c13-12-3-1-2-10(6-12)7-14-8-11-4-5-17(15,16)9-11/h1-3,6,11,14H,4-5,7-9H2. The van der Waals surface area contributed by atoms with Gasteiger partial charge in [-0.1, -0.05) is 28.1 Å². The number of hydrogen-bond acceptors (Lipinski definition) is 3. The topological polar surface area (TPSA) is 46.2 Å². The fourth-order valence-electron chi connectivity index (χ4n) is 2.10. The van der Waals surface area contributed by atoms with Crippen molar-refractivity contribution in [3.8, 4) is 0 Å². The lowest BCUT2D eigenvalue weighted by molar-refractivity contribution is 0.521. The molecule has 1 fully saturated rings. The maximum absolute atomic E-state index is 11.3. The smallest absolute Gasteiger partial charge is 0.150 e. The highest BCUT2D eigenvalue weighted by atomic mass is 79.9. The third-order valence-corrected chi connectivity index (χ3v) is 5.31. The van der Waals surface area contributed by atoms with Crippen molar-refractivity contribution in [2.24, 2.45) is 5.92 Å². The van der Waals surface area contributed by atoms with Crippen molar-refractivity contribution in [3.63, 3.8) is 0 Å². The third kappa shape index (κ3) is 4.08. The van der Waals surface area contributed by atoms with Gasteiger partial charge in [-0.25, -0.2) is 8.42 Å². The van der Waals surface area contributed by atoms with Crippen molar-refractivity contribution in [2.75, 3.05) is 18.1 Å². The van der Waals surface area contributed by atoms with E-state index in [4.69, 9.17) is 0 Å². The molecule has 5 heteroatoms. The second-order valence-electron chi connectivity index (χ2n) is 4.53. The van der Waals surface area contributed by atoms with Crippen molar-refractivity contribution in [2.45, 2.75) is 13.0 Å². The van der Waals surface area contributed by atoms with E-state index in [1.807, 2.05) is 12.1 Å². The van der Waals surface area contributed by atoms with Gasteiger partial charge in [-0.3, -0.25) is 0 Å². The molecule has 0 aromatic heterocycles. The van der Waals surface area contributed by atoms with Crippen molar-refractivity contribution < 1.29 is 8.42 Å². The molecule has 1 aliphatic heterocycles. The molecule has 0 spiro atoms. The van der Waals surface area contributed by atoms with Crippen LogP contribution in [0.4, 0.5) is 0 Å². The summed E-state index contributed by atoms with van der Waals surface area (Å²) in [6.07, 6.45) is 0.799. The van der Waals surface area contributed by atoms with Crippen molar-refractivity contribution >= 4 is 25.8 Å². The van der Waals surface area contributed by atoms with Crippen LogP contribution in [0.15, 0.2) is 28.7 Å². The van der Waals surface area contributed by atoms with Crippen LogP contribution >= 0.6 is 15.9 Å². The maximum atomic E-state index is 11.3. The highest BCUT2D eigenvalue weighted by molar-refractivity contribution is 9.10. The zero-order valence-electron chi connectivity index (χ0n) is 9.52. The molecule has 0 saturated carbocycles. The minimum absolute atomic E-state index is 0.284. The molecule has 0 aliphatic carbocycles. The zero-order chi connectivity index (χ0) is 12.3. The Balaban J connectivity index is 1.77. The van der Waals surface area contributed by atoms with E-state index >= 15 is 0 Å². The molecule has 94 valence electrons. The predicted octanol–water partition coefficient (Wildman–Crippen LogP) is 1.97. The minimum Gasteiger partial charge on any atom is -0.312 e. The fourth-order valence-corrected chi connectivity index (χ4v) is 4.41. The summed E-state index contributed by atoms with van der Waals surface area (Å²) >= 11 is 3.43. The van der Waals surface area contributed by atoms with Gasteiger partial charge in [-0.2, -0.15) is 0 Å². The molecule has 1 aromatic carbocycles. The molecule has 3 nitrogen and oxygen atoms in total. The Bertz CT molecular complexity index is 487. The first-order valence-corrected chi connectivity index (χ1v) is 8.32. The van der Waals surface area contributed by atoms with Crippen LogP contribution in [0.3, 0.4) is 0 Å². The molecule has 1 atom stereocenters. The summed E-state index contributed by atoms with van der Waals surface area (Å²) in [6.45, 7) is 1.57. The summed E-state index contributed by atoms with van der Waals surface area (Å²) in [4.78, 5) is 0. The Kier molecular flexibility index (Phi) is 4.22. The fraction of sp³-hybridized carbons (Fsp3) is 0.500. The lowest BCUT2D eigenvalue weighted by Crippen LogP contribution is -2.23. The number of hydrogen-bond donors (Lipinski definition) is 1. The van der Waals surface area contributed by atoms with E-state index in [-0.39, 0.29) is 5.92 Å². The molecule has 17 heavy (non-hydrogen) atoms. The third-order valence-electron chi connectivity index (χ3n) is 2.98. The lowest BCUT2D eigenvalue weighted by Gasteiger charge is -2.09. The van der Waals surface area contributed by atoms with Crippen LogP contribution in [0, 0.1) is 5.92 Å². The summed E-state index contributed by atoms with van der Waals surface area (Å²) in [5.41, 5.74) is 1.21. The molecule has 1 aromatic rings. The van der Waals surface area contributed by atoms with E-state index in [9.17, 15) is 8.42 Å². The second kappa shape index (κ2) is 5.50. The van der Waals surface area contributed by atoms with E-state index in [0.717, 1.165) is 24.0 Å². The van der Waals surface area contributed by atoms with Gasteiger partial charge in [0.15, 0.2) is 9.84 Å². The van der Waals surface area contributed by atoms with Gasteiger partial charge in [0.1, 0.15) is 0 Å². The molecule has 1 unspecified atom stereocenters. The highest BCUT2D eigenvalue weighted by Gasteiger charge is 2.27. The van der Waals surface area contributed by atoms with E-state index in [1.165, 1.54) is 5.56 Å².